The predicted molar refractivity (Wildman–Crippen MR) is 82.5 cm³/mol. The first-order valence-corrected chi connectivity index (χ1v) is 8.82. The summed E-state index contributed by atoms with van der Waals surface area (Å²) in [7, 11) is -3.52. The van der Waals surface area contributed by atoms with E-state index >= 15 is 0 Å². The van der Waals surface area contributed by atoms with Gasteiger partial charge in [0.15, 0.2) is 0 Å². The van der Waals surface area contributed by atoms with E-state index < -0.39 is 10.0 Å². The van der Waals surface area contributed by atoms with E-state index in [0.29, 0.717) is 23.8 Å². The number of aryl methyl sites for hydroxylation is 1. The molecule has 5 heteroatoms. The van der Waals surface area contributed by atoms with Crippen LogP contribution in [0.5, 0.6) is 0 Å². The highest BCUT2D eigenvalue weighted by Crippen LogP contribution is 2.32. The lowest BCUT2D eigenvalue weighted by Gasteiger charge is -2.25. The van der Waals surface area contributed by atoms with Gasteiger partial charge in [-0.3, -0.25) is 0 Å². The molecule has 1 aromatic rings. The van der Waals surface area contributed by atoms with Gasteiger partial charge in [-0.05, 0) is 37.8 Å². The topological polar surface area (TPSA) is 54.5 Å². The average Bonchev–Trinajstić information content (AvgIpc) is 2.82. The molecule has 0 amide bonds. The maximum atomic E-state index is 12.8. The van der Waals surface area contributed by atoms with Crippen molar-refractivity contribution in [2.24, 2.45) is 11.8 Å². The zero-order valence-electron chi connectivity index (χ0n) is 12.8. The van der Waals surface area contributed by atoms with Crippen LogP contribution in [0, 0.1) is 18.8 Å². The molecule has 0 saturated carbocycles. The molecular weight excluding hydrogens is 286 g/mol. The van der Waals surface area contributed by atoms with Crippen LogP contribution >= 0.6 is 0 Å². The van der Waals surface area contributed by atoms with Crippen LogP contribution in [-0.2, 0) is 14.8 Å². The number of hydrogen-bond acceptors (Lipinski definition) is 3. The third-order valence-electron chi connectivity index (χ3n) is 3.96. The summed E-state index contributed by atoms with van der Waals surface area (Å²) in [6, 6.07) is 6.82. The summed E-state index contributed by atoms with van der Waals surface area (Å²) in [5.41, 5.74) is 1.03. The van der Waals surface area contributed by atoms with E-state index in [2.05, 4.69) is 13.8 Å². The largest absolute Gasteiger partial charge is 0.303 e. The first-order valence-electron chi connectivity index (χ1n) is 7.38. The van der Waals surface area contributed by atoms with Gasteiger partial charge in [0, 0.05) is 18.5 Å². The van der Waals surface area contributed by atoms with Crippen LogP contribution in [0.1, 0.15) is 32.3 Å². The number of benzene rings is 1. The van der Waals surface area contributed by atoms with Gasteiger partial charge < -0.3 is 4.79 Å². The number of nitrogens with zero attached hydrogens (tertiary/aromatic N) is 1. The second-order valence-corrected chi connectivity index (χ2v) is 8.19. The highest BCUT2D eigenvalue weighted by molar-refractivity contribution is 7.89. The van der Waals surface area contributed by atoms with E-state index in [1.54, 1.807) is 24.3 Å². The van der Waals surface area contributed by atoms with Gasteiger partial charge in [-0.2, -0.15) is 4.31 Å². The van der Waals surface area contributed by atoms with Crippen LogP contribution in [0.3, 0.4) is 0 Å². The normalized spacial score (nSPS) is 23.6. The number of carbonyl (C=O) groups is 1. The molecule has 0 N–H and O–H groups in total. The number of sulfonamides is 1. The molecule has 116 valence electrons. The van der Waals surface area contributed by atoms with E-state index in [1.807, 2.05) is 6.92 Å². The third kappa shape index (κ3) is 3.52. The minimum Gasteiger partial charge on any atom is -0.303 e. The Morgan fingerprint density at radius 1 is 1.29 bits per heavy atom. The van der Waals surface area contributed by atoms with Gasteiger partial charge in [-0.25, -0.2) is 8.42 Å². The minimum absolute atomic E-state index is 0.0773. The summed E-state index contributed by atoms with van der Waals surface area (Å²) in [5, 5.41) is 0. The Hall–Kier alpha value is -1.20. The SMILES string of the molecule is Cc1ccc(S(=O)(=O)N2C[C@H](C=O)C[C@H]2CC(C)C)cc1. The molecule has 1 heterocycles. The highest BCUT2D eigenvalue weighted by atomic mass is 32.2. The van der Waals surface area contributed by atoms with Crippen molar-refractivity contribution in [3.8, 4) is 0 Å². The monoisotopic (exact) mass is 309 g/mol. The van der Waals surface area contributed by atoms with Gasteiger partial charge in [-0.1, -0.05) is 31.5 Å². The molecule has 0 aromatic heterocycles. The molecule has 21 heavy (non-hydrogen) atoms. The standard InChI is InChI=1S/C16H23NO3S/c1-12(2)8-15-9-14(11-18)10-17(15)21(19,20)16-6-4-13(3)5-7-16/h4-7,11-12,14-15H,8-10H2,1-3H3/t14-,15-/m1/s1. The van der Waals surface area contributed by atoms with Crippen LogP contribution in [0.25, 0.3) is 0 Å². The maximum Gasteiger partial charge on any atom is 0.243 e. The zero-order valence-corrected chi connectivity index (χ0v) is 13.6. The summed E-state index contributed by atoms with van der Waals surface area (Å²) in [6.45, 7) is 6.38. The minimum atomic E-state index is -3.52. The molecule has 0 spiro atoms. The fourth-order valence-corrected chi connectivity index (χ4v) is 4.62. The van der Waals surface area contributed by atoms with Gasteiger partial charge >= 0.3 is 0 Å². The molecule has 0 aliphatic carbocycles. The highest BCUT2D eigenvalue weighted by Gasteiger charge is 2.40. The molecule has 1 aliphatic rings. The predicted octanol–water partition coefficient (Wildman–Crippen LogP) is 2.62. The van der Waals surface area contributed by atoms with Gasteiger partial charge in [0.2, 0.25) is 10.0 Å². The smallest absolute Gasteiger partial charge is 0.243 e. The second kappa shape index (κ2) is 6.28. The quantitative estimate of drug-likeness (QED) is 0.786. The lowest BCUT2D eigenvalue weighted by Crippen LogP contribution is -2.36. The van der Waals surface area contributed by atoms with E-state index in [4.69, 9.17) is 0 Å². The van der Waals surface area contributed by atoms with Crippen molar-refractivity contribution in [1.29, 1.82) is 0 Å². The van der Waals surface area contributed by atoms with Crippen LogP contribution in [0.15, 0.2) is 29.2 Å². The van der Waals surface area contributed by atoms with Gasteiger partial charge in [0.05, 0.1) is 4.90 Å². The Morgan fingerprint density at radius 3 is 2.43 bits per heavy atom. The van der Waals surface area contributed by atoms with Crippen molar-refractivity contribution < 1.29 is 13.2 Å². The Morgan fingerprint density at radius 2 is 1.90 bits per heavy atom. The van der Waals surface area contributed by atoms with Gasteiger partial charge in [0.25, 0.3) is 0 Å². The van der Waals surface area contributed by atoms with Crippen molar-refractivity contribution in [2.45, 2.75) is 44.6 Å². The maximum absolute atomic E-state index is 12.8. The molecule has 0 bridgehead atoms. The Labute approximate surface area is 127 Å². The zero-order chi connectivity index (χ0) is 15.6. The number of rotatable bonds is 5. The van der Waals surface area contributed by atoms with E-state index in [1.165, 1.54) is 4.31 Å². The molecule has 1 saturated heterocycles. The van der Waals surface area contributed by atoms with Crippen molar-refractivity contribution in [3.05, 3.63) is 29.8 Å². The Kier molecular flexibility index (Phi) is 4.84. The summed E-state index contributed by atoms with van der Waals surface area (Å²) in [6.07, 6.45) is 2.31. The summed E-state index contributed by atoms with van der Waals surface area (Å²) < 4.78 is 27.1. The first-order chi connectivity index (χ1) is 9.84. The molecule has 1 aliphatic heterocycles. The molecule has 1 fully saturated rings. The fourth-order valence-electron chi connectivity index (χ4n) is 2.92. The Bertz CT molecular complexity index is 592. The van der Waals surface area contributed by atoms with Crippen LogP contribution in [-0.4, -0.2) is 31.6 Å². The van der Waals surface area contributed by atoms with Crippen LogP contribution in [0.4, 0.5) is 0 Å². The molecule has 0 radical (unpaired) electrons. The number of aldehydes is 1. The lowest BCUT2D eigenvalue weighted by molar-refractivity contribution is -0.110. The lowest BCUT2D eigenvalue weighted by atomic mass is 9.99. The van der Waals surface area contributed by atoms with Gasteiger partial charge in [0.1, 0.15) is 6.29 Å². The summed E-state index contributed by atoms with van der Waals surface area (Å²) in [4.78, 5) is 11.4. The fraction of sp³-hybridized carbons (Fsp3) is 0.562. The van der Waals surface area contributed by atoms with Crippen LogP contribution in [0.2, 0.25) is 0 Å². The number of hydrogen-bond donors (Lipinski definition) is 0. The molecule has 2 atom stereocenters. The average molecular weight is 309 g/mol. The van der Waals surface area contributed by atoms with E-state index in [-0.39, 0.29) is 12.0 Å². The van der Waals surface area contributed by atoms with E-state index in [0.717, 1.165) is 18.3 Å². The van der Waals surface area contributed by atoms with Crippen LogP contribution < -0.4 is 0 Å². The first kappa shape index (κ1) is 16.2. The number of carbonyl (C=O) groups excluding carboxylic acids is 1. The van der Waals surface area contributed by atoms with E-state index in [9.17, 15) is 13.2 Å². The molecule has 2 rings (SSSR count). The third-order valence-corrected chi connectivity index (χ3v) is 5.89. The van der Waals surface area contributed by atoms with Crippen molar-refractivity contribution in [3.63, 3.8) is 0 Å². The summed E-state index contributed by atoms with van der Waals surface area (Å²) >= 11 is 0. The Balaban J connectivity index is 2.31. The van der Waals surface area contributed by atoms with Gasteiger partial charge in [-0.15, -0.1) is 0 Å². The van der Waals surface area contributed by atoms with Crippen molar-refractivity contribution in [1.82, 2.24) is 4.31 Å². The molecule has 4 nitrogen and oxygen atoms in total. The van der Waals surface area contributed by atoms with Crippen molar-refractivity contribution in [2.75, 3.05) is 6.54 Å². The molecule has 1 aromatic carbocycles. The summed E-state index contributed by atoms with van der Waals surface area (Å²) in [5.74, 6) is 0.213. The van der Waals surface area contributed by atoms with Crippen molar-refractivity contribution >= 4 is 16.3 Å². The molecular formula is C16H23NO3S. The molecule has 0 unspecified atom stereocenters. The second-order valence-electron chi connectivity index (χ2n) is 6.30.